The monoisotopic (exact) mass is 842 g/mol. The number of nitrogens with zero attached hydrogens (tertiary/aromatic N) is 4. The number of hydrogen-bond donors (Lipinski definition) is 7. The van der Waals surface area contributed by atoms with Gasteiger partial charge in [-0.15, -0.1) is 34.0 Å². The molecule has 20 heteroatoms. The molecule has 7 rings (SSSR count). The number of rotatable bonds is 8. The largest absolute Gasteiger partial charge is 0.397 e. The minimum atomic E-state index is -0.844. The number of carbonyl (C=O) groups excluding carboxylic acids is 5. The van der Waals surface area contributed by atoms with Crippen molar-refractivity contribution in [2.45, 2.75) is 26.9 Å². The Morgan fingerprint density at radius 2 is 1.14 bits per heavy atom. The summed E-state index contributed by atoms with van der Waals surface area (Å²) in [6.45, 7) is 5.36. The van der Waals surface area contributed by atoms with Crippen molar-refractivity contribution in [2.75, 3.05) is 31.4 Å². The normalized spacial score (nSPS) is 11.3. The van der Waals surface area contributed by atoms with E-state index in [9.17, 15) is 29.1 Å². The predicted molar refractivity (Wildman–Crippen MR) is 227 cm³/mol. The number of hydrogen-bond acceptors (Lipinski definition) is 16. The van der Waals surface area contributed by atoms with E-state index in [1.54, 1.807) is 32.0 Å². The van der Waals surface area contributed by atoms with Crippen LogP contribution in [0.15, 0.2) is 48.5 Å². The number of fused-ring (bicyclic) bond motifs is 3. The summed E-state index contributed by atoms with van der Waals surface area (Å²) < 4.78 is 0. The van der Waals surface area contributed by atoms with E-state index in [0.29, 0.717) is 65.0 Å². The molecule has 6 heterocycles. The number of benzene rings is 1. The van der Waals surface area contributed by atoms with Gasteiger partial charge in [-0.2, -0.15) is 0 Å². The quantitative estimate of drug-likeness (QED) is 0.0826. The van der Waals surface area contributed by atoms with Crippen LogP contribution in [-0.2, 0) is 4.84 Å². The van der Waals surface area contributed by atoms with Crippen LogP contribution in [0.4, 0.5) is 17.1 Å². The summed E-state index contributed by atoms with van der Waals surface area (Å²) in [4.78, 5) is 77.3. The van der Waals surface area contributed by atoms with Gasteiger partial charge in [-0.3, -0.25) is 28.8 Å². The number of aliphatic hydroxyl groups is 1. The number of thiophene rings is 3. The topological polar surface area (TPSA) is 313 Å². The number of carbonyl (C=O) groups is 5. The number of hydroxylamine groups is 2. The average Bonchev–Trinajstić information content (AvgIpc) is 3.83. The Morgan fingerprint density at radius 3 is 1.62 bits per heavy atom. The minimum Gasteiger partial charge on any atom is -0.397 e. The smallest absolute Gasteiger partial charge is 0.278 e. The summed E-state index contributed by atoms with van der Waals surface area (Å²) in [5.41, 5.74) is 38.5. The van der Waals surface area contributed by atoms with Gasteiger partial charge in [0.15, 0.2) is 6.29 Å². The van der Waals surface area contributed by atoms with Gasteiger partial charge in [0, 0.05) is 45.9 Å². The molecule has 300 valence electrons. The van der Waals surface area contributed by atoms with Crippen molar-refractivity contribution < 1.29 is 33.9 Å². The van der Waals surface area contributed by atoms with E-state index in [0.717, 1.165) is 50.3 Å². The highest BCUT2D eigenvalue weighted by atomic mass is 32.1. The van der Waals surface area contributed by atoms with Crippen molar-refractivity contribution >= 4 is 112 Å². The molecule has 1 aromatic carbocycles. The molecule has 0 saturated carbocycles. The lowest BCUT2D eigenvalue weighted by Crippen LogP contribution is -2.25. The first-order valence-corrected chi connectivity index (χ1v) is 19.3. The molecule has 0 aliphatic heterocycles. The molecule has 0 aliphatic rings. The van der Waals surface area contributed by atoms with Crippen LogP contribution in [0.5, 0.6) is 0 Å². The van der Waals surface area contributed by atoms with E-state index in [4.69, 9.17) is 39.2 Å². The molecular weight excluding hydrogens is 805 g/mol. The average molecular weight is 843 g/mol. The number of aromatic nitrogens is 3. The minimum absolute atomic E-state index is 0.179. The number of primary amides is 3. The lowest BCUT2D eigenvalue weighted by Gasteiger charge is -2.14. The Bertz CT molecular complexity index is 2760. The Morgan fingerprint density at radius 1 is 0.707 bits per heavy atom. The first-order chi connectivity index (χ1) is 27.4. The van der Waals surface area contributed by atoms with Crippen molar-refractivity contribution in [2.24, 2.45) is 17.2 Å². The van der Waals surface area contributed by atoms with Gasteiger partial charge in [-0.1, -0.05) is 30.3 Å². The van der Waals surface area contributed by atoms with E-state index >= 15 is 0 Å². The van der Waals surface area contributed by atoms with Crippen LogP contribution >= 0.6 is 34.0 Å². The maximum atomic E-state index is 12.3. The maximum Gasteiger partial charge on any atom is 0.278 e. The second-order valence-corrected chi connectivity index (χ2v) is 15.6. The molecule has 0 bridgehead atoms. The predicted octanol–water partition coefficient (Wildman–Crippen LogP) is 4.39. The van der Waals surface area contributed by atoms with Crippen molar-refractivity contribution in [1.29, 1.82) is 0 Å². The lowest BCUT2D eigenvalue weighted by atomic mass is 9.98. The molecule has 4 amide bonds. The number of aldehydes is 1. The standard InChI is InChI=1S/C16H15N3O2S.C12H14N4O3S.C10H9N3O2S/c1-8-7-10(13(20)9-5-3-2-4-6-9)11-12(17)14(15(18)21)22-16(11)19-8;1-5-4-6(12(18)16(2)19-3)7-8(13)9(10(14)17)20-11(7)15-5;1-4-2-5(3-14)6-7(11)8(9(12)15)16-10(6)13-4/h2-7,13,20H,17H2,1H3,(H2,18,21);4H,13H2,1-3H3,(H2,14,17);2-3H,11H2,1H3,(H2,12,15). The van der Waals surface area contributed by atoms with Crippen LogP contribution in [0, 0.1) is 20.8 Å². The van der Waals surface area contributed by atoms with Crippen molar-refractivity contribution in [3.63, 3.8) is 0 Å². The molecule has 17 nitrogen and oxygen atoms in total. The summed E-state index contributed by atoms with van der Waals surface area (Å²) in [5, 5.41) is 13.3. The third-order valence-corrected chi connectivity index (χ3v) is 11.9. The number of anilines is 3. The third-order valence-electron chi connectivity index (χ3n) is 8.54. The van der Waals surface area contributed by atoms with Gasteiger partial charge in [-0.25, -0.2) is 20.0 Å². The van der Waals surface area contributed by atoms with Gasteiger partial charge in [0.1, 0.15) is 35.2 Å². The van der Waals surface area contributed by atoms with E-state index in [-0.39, 0.29) is 37.6 Å². The zero-order valence-corrected chi connectivity index (χ0v) is 34.1. The first kappa shape index (κ1) is 42.6. The van der Waals surface area contributed by atoms with Crippen molar-refractivity contribution in [3.05, 3.63) is 102 Å². The number of nitrogens with two attached hydrogens (primary N) is 6. The third kappa shape index (κ3) is 8.40. The molecule has 7 aromatic rings. The van der Waals surface area contributed by atoms with Gasteiger partial charge in [-0.05, 0) is 50.1 Å². The summed E-state index contributed by atoms with van der Waals surface area (Å²) in [6, 6.07) is 14.3. The number of nitrogen functional groups attached to an aromatic ring is 3. The molecule has 58 heavy (non-hydrogen) atoms. The first-order valence-electron chi connectivity index (χ1n) is 16.9. The second kappa shape index (κ2) is 17.3. The van der Waals surface area contributed by atoms with Crippen LogP contribution in [0.1, 0.15) is 84.0 Å². The van der Waals surface area contributed by atoms with Crippen LogP contribution in [0.25, 0.3) is 30.6 Å². The van der Waals surface area contributed by atoms with Gasteiger partial charge in [0.2, 0.25) is 0 Å². The number of aryl methyl sites for hydroxylation is 3. The van der Waals surface area contributed by atoms with Crippen LogP contribution in [0.2, 0.25) is 0 Å². The summed E-state index contributed by atoms with van der Waals surface area (Å²) in [7, 11) is 2.87. The van der Waals surface area contributed by atoms with Gasteiger partial charge < -0.3 is 39.5 Å². The van der Waals surface area contributed by atoms with Crippen LogP contribution in [0.3, 0.4) is 0 Å². The lowest BCUT2D eigenvalue weighted by molar-refractivity contribution is -0.0755. The van der Waals surface area contributed by atoms with Gasteiger partial charge in [0.25, 0.3) is 23.6 Å². The van der Waals surface area contributed by atoms with Gasteiger partial charge >= 0.3 is 0 Å². The zero-order valence-electron chi connectivity index (χ0n) is 31.6. The van der Waals surface area contributed by atoms with Crippen molar-refractivity contribution in [3.8, 4) is 0 Å². The molecule has 6 aromatic heterocycles. The number of pyridine rings is 3. The SMILES string of the molecule is CON(C)C(=O)c1cc(C)nc2sc(C(N)=O)c(N)c12.Cc1cc(C(O)c2ccccc2)c2c(N)c(C(N)=O)sc2n1.Cc1cc(C=O)c2c(N)c(C(N)=O)sc2n1. The molecule has 0 spiro atoms. The summed E-state index contributed by atoms with van der Waals surface area (Å²) in [5.74, 6) is -2.20. The molecule has 0 saturated heterocycles. The van der Waals surface area contributed by atoms with E-state index in [1.165, 1.54) is 14.2 Å². The van der Waals surface area contributed by atoms with Crippen LogP contribution in [-0.4, -0.2) is 69.2 Å². The Balaban J connectivity index is 0.000000168. The molecular formula is C38H38N10O7S3. The zero-order chi connectivity index (χ0) is 42.7. The molecule has 1 atom stereocenters. The number of aliphatic hydroxyl groups excluding tert-OH is 1. The fourth-order valence-corrected chi connectivity index (χ4v) is 8.96. The highest BCUT2D eigenvalue weighted by molar-refractivity contribution is 7.22. The van der Waals surface area contributed by atoms with E-state index in [1.807, 2.05) is 37.3 Å². The molecule has 0 aliphatic carbocycles. The molecule has 13 N–H and O–H groups in total. The fraction of sp³-hybridized carbons (Fsp3) is 0.158. The van der Waals surface area contributed by atoms with E-state index < -0.39 is 23.8 Å². The Labute approximate surface area is 342 Å². The summed E-state index contributed by atoms with van der Waals surface area (Å²) >= 11 is 3.33. The second-order valence-electron chi connectivity index (χ2n) is 12.6. The Hall–Kier alpha value is -6.58. The fourth-order valence-electron chi connectivity index (χ4n) is 5.90. The highest BCUT2D eigenvalue weighted by Crippen LogP contribution is 2.39. The molecule has 1 unspecified atom stereocenters. The Kier molecular flexibility index (Phi) is 12.7. The molecule has 0 fully saturated rings. The number of amides is 4. The van der Waals surface area contributed by atoms with E-state index in [2.05, 4.69) is 15.0 Å². The highest BCUT2D eigenvalue weighted by Gasteiger charge is 2.25. The van der Waals surface area contributed by atoms with Gasteiger partial charge in [0.05, 0.1) is 29.7 Å². The molecule has 0 radical (unpaired) electrons. The summed E-state index contributed by atoms with van der Waals surface area (Å²) in [6.07, 6.45) is -0.145. The maximum absolute atomic E-state index is 12.3. The van der Waals surface area contributed by atoms with Crippen LogP contribution < -0.4 is 34.4 Å². The van der Waals surface area contributed by atoms with Crippen molar-refractivity contribution in [1.82, 2.24) is 20.0 Å².